The van der Waals surface area contributed by atoms with Crippen LogP contribution in [-0.4, -0.2) is 45.7 Å². The average Bonchev–Trinajstić information content (AvgIpc) is 3.02. The van der Waals surface area contributed by atoms with Crippen LogP contribution in [0, 0.1) is 0 Å². The van der Waals surface area contributed by atoms with E-state index in [4.69, 9.17) is 14.2 Å². The summed E-state index contributed by atoms with van der Waals surface area (Å²) in [6.45, 7) is 1.37. The SMILES string of the molecule is COc1ncnn2c(C3CC4(C3)OCCO4)ncc12. The van der Waals surface area contributed by atoms with Gasteiger partial charge in [-0.3, -0.25) is 0 Å². The van der Waals surface area contributed by atoms with E-state index >= 15 is 0 Å². The molecule has 0 N–H and O–H groups in total. The van der Waals surface area contributed by atoms with E-state index in [0.29, 0.717) is 25.0 Å². The maximum Gasteiger partial charge on any atom is 0.242 e. The van der Waals surface area contributed by atoms with Crippen LogP contribution in [0.1, 0.15) is 24.6 Å². The lowest BCUT2D eigenvalue weighted by atomic mass is 9.78. The lowest BCUT2D eigenvalue weighted by Gasteiger charge is -2.41. The summed E-state index contributed by atoms with van der Waals surface area (Å²) >= 11 is 0. The molecule has 100 valence electrons. The van der Waals surface area contributed by atoms with Gasteiger partial charge in [-0.25, -0.2) is 9.50 Å². The Hall–Kier alpha value is -1.73. The zero-order valence-electron chi connectivity index (χ0n) is 10.6. The molecule has 0 bridgehead atoms. The van der Waals surface area contributed by atoms with Crippen LogP contribution in [0.4, 0.5) is 0 Å². The summed E-state index contributed by atoms with van der Waals surface area (Å²) < 4.78 is 18.3. The zero-order valence-corrected chi connectivity index (χ0v) is 10.6. The number of hydrogen-bond donors (Lipinski definition) is 0. The van der Waals surface area contributed by atoms with Crippen LogP contribution in [0.15, 0.2) is 12.5 Å². The second kappa shape index (κ2) is 3.88. The third-order valence-electron chi connectivity index (χ3n) is 3.81. The van der Waals surface area contributed by atoms with Crippen molar-refractivity contribution in [1.29, 1.82) is 0 Å². The highest BCUT2D eigenvalue weighted by Crippen LogP contribution is 2.49. The Morgan fingerprint density at radius 2 is 2.11 bits per heavy atom. The molecule has 2 aromatic heterocycles. The molecule has 7 heteroatoms. The topological polar surface area (TPSA) is 70.8 Å². The van der Waals surface area contributed by atoms with Crippen LogP contribution < -0.4 is 4.74 Å². The second-order valence-corrected chi connectivity index (χ2v) is 4.90. The summed E-state index contributed by atoms with van der Waals surface area (Å²) in [6, 6.07) is 0. The highest BCUT2D eigenvalue weighted by Gasteiger charge is 2.51. The highest BCUT2D eigenvalue weighted by atomic mass is 16.7. The summed E-state index contributed by atoms with van der Waals surface area (Å²) in [4.78, 5) is 8.52. The fourth-order valence-electron chi connectivity index (χ4n) is 2.87. The molecule has 19 heavy (non-hydrogen) atoms. The molecule has 0 radical (unpaired) electrons. The van der Waals surface area contributed by atoms with Crippen molar-refractivity contribution in [2.45, 2.75) is 24.5 Å². The first-order valence-electron chi connectivity index (χ1n) is 6.32. The summed E-state index contributed by atoms with van der Waals surface area (Å²) in [6.07, 6.45) is 4.89. The minimum absolute atomic E-state index is 0.306. The number of rotatable bonds is 2. The van der Waals surface area contributed by atoms with Crippen molar-refractivity contribution in [3.05, 3.63) is 18.3 Å². The molecule has 0 unspecified atom stereocenters. The quantitative estimate of drug-likeness (QED) is 0.795. The van der Waals surface area contributed by atoms with Crippen LogP contribution in [0.2, 0.25) is 0 Å². The molecule has 0 aromatic carbocycles. The van der Waals surface area contributed by atoms with Gasteiger partial charge in [0.1, 0.15) is 17.7 Å². The summed E-state index contributed by atoms with van der Waals surface area (Å²) in [7, 11) is 1.59. The van der Waals surface area contributed by atoms with Crippen molar-refractivity contribution in [1.82, 2.24) is 19.6 Å². The molecule has 1 saturated heterocycles. The van der Waals surface area contributed by atoms with Gasteiger partial charge >= 0.3 is 0 Å². The number of hydrogen-bond acceptors (Lipinski definition) is 6. The molecule has 1 spiro atoms. The maximum absolute atomic E-state index is 5.64. The van der Waals surface area contributed by atoms with Crippen LogP contribution in [0.25, 0.3) is 5.52 Å². The standard InChI is InChI=1S/C12H14N4O3/c1-17-11-9-6-13-10(16(9)15-7-14-11)8-4-12(5-8)18-2-3-19-12/h6-8H,2-5H2,1H3. The molecule has 1 aliphatic heterocycles. The summed E-state index contributed by atoms with van der Waals surface area (Å²) in [5.41, 5.74) is 0.786. The van der Waals surface area contributed by atoms with Crippen LogP contribution in [0.3, 0.4) is 0 Å². The molecule has 0 amide bonds. The smallest absolute Gasteiger partial charge is 0.242 e. The van der Waals surface area contributed by atoms with Gasteiger partial charge in [-0.05, 0) is 0 Å². The van der Waals surface area contributed by atoms with Gasteiger partial charge in [0.25, 0.3) is 0 Å². The fourth-order valence-corrected chi connectivity index (χ4v) is 2.87. The van der Waals surface area contributed by atoms with E-state index < -0.39 is 0 Å². The molecule has 0 atom stereocenters. The Balaban J connectivity index is 1.66. The summed E-state index contributed by atoms with van der Waals surface area (Å²) in [5.74, 6) is 1.39. The van der Waals surface area contributed by atoms with Gasteiger partial charge in [0, 0.05) is 18.8 Å². The van der Waals surface area contributed by atoms with E-state index in [0.717, 1.165) is 24.2 Å². The number of aromatic nitrogens is 4. The van der Waals surface area contributed by atoms with E-state index in [1.54, 1.807) is 17.8 Å². The molecular weight excluding hydrogens is 248 g/mol. The monoisotopic (exact) mass is 262 g/mol. The minimum Gasteiger partial charge on any atom is -0.479 e. The average molecular weight is 262 g/mol. The van der Waals surface area contributed by atoms with Crippen molar-refractivity contribution >= 4 is 5.52 Å². The fraction of sp³-hybridized carbons (Fsp3) is 0.583. The number of methoxy groups -OCH3 is 1. The molecule has 3 heterocycles. The number of fused-ring (bicyclic) bond motifs is 1. The Labute approximate surface area is 109 Å². The van der Waals surface area contributed by atoms with Gasteiger partial charge in [0.05, 0.1) is 26.5 Å². The molecular formula is C12H14N4O3. The Bertz CT molecular complexity index is 612. The molecule has 2 fully saturated rings. The number of ether oxygens (including phenoxy) is 3. The van der Waals surface area contributed by atoms with Gasteiger partial charge in [0.15, 0.2) is 5.79 Å². The molecule has 2 aromatic rings. The lowest BCUT2D eigenvalue weighted by molar-refractivity contribution is -0.216. The zero-order chi connectivity index (χ0) is 12.9. The largest absolute Gasteiger partial charge is 0.479 e. The third kappa shape index (κ3) is 1.55. The van der Waals surface area contributed by atoms with Gasteiger partial charge in [-0.1, -0.05) is 0 Å². The summed E-state index contributed by atoms with van der Waals surface area (Å²) in [5, 5.41) is 4.25. The second-order valence-electron chi connectivity index (χ2n) is 4.90. The van der Waals surface area contributed by atoms with Crippen LogP contribution in [-0.2, 0) is 9.47 Å². The van der Waals surface area contributed by atoms with Gasteiger partial charge in [0.2, 0.25) is 5.88 Å². The van der Waals surface area contributed by atoms with Gasteiger partial charge < -0.3 is 14.2 Å². The lowest BCUT2D eigenvalue weighted by Crippen LogP contribution is -2.44. The number of nitrogens with zero attached hydrogens (tertiary/aromatic N) is 4. The van der Waals surface area contributed by atoms with Crippen molar-refractivity contribution in [2.24, 2.45) is 0 Å². The predicted molar refractivity (Wildman–Crippen MR) is 63.9 cm³/mol. The van der Waals surface area contributed by atoms with E-state index in [2.05, 4.69) is 15.1 Å². The molecule has 2 aliphatic rings. The van der Waals surface area contributed by atoms with Crippen LogP contribution in [0.5, 0.6) is 5.88 Å². The molecule has 1 saturated carbocycles. The minimum atomic E-state index is -0.367. The Morgan fingerprint density at radius 3 is 2.84 bits per heavy atom. The van der Waals surface area contributed by atoms with E-state index in [-0.39, 0.29) is 5.79 Å². The first-order chi connectivity index (χ1) is 9.31. The van der Waals surface area contributed by atoms with Crippen molar-refractivity contribution in [2.75, 3.05) is 20.3 Å². The third-order valence-corrected chi connectivity index (χ3v) is 3.81. The molecule has 1 aliphatic carbocycles. The van der Waals surface area contributed by atoms with Crippen LogP contribution >= 0.6 is 0 Å². The molecule has 7 nitrogen and oxygen atoms in total. The van der Waals surface area contributed by atoms with Crippen molar-refractivity contribution in [3.8, 4) is 5.88 Å². The predicted octanol–water partition coefficient (Wildman–Crippen LogP) is 0.753. The van der Waals surface area contributed by atoms with E-state index in [9.17, 15) is 0 Å². The highest BCUT2D eigenvalue weighted by molar-refractivity contribution is 5.54. The maximum atomic E-state index is 5.64. The van der Waals surface area contributed by atoms with Gasteiger partial charge in [-0.15, -0.1) is 0 Å². The molecule has 4 rings (SSSR count). The Morgan fingerprint density at radius 1 is 1.32 bits per heavy atom. The van der Waals surface area contributed by atoms with Crippen molar-refractivity contribution in [3.63, 3.8) is 0 Å². The number of imidazole rings is 1. The first kappa shape index (κ1) is 11.1. The first-order valence-corrected chi connectivity index (χ1v) is 6.32. The normalized spacial score (nSPS) is 21.9. The van der Waals surface area contributed by atoms with E-state index in [1.807, 2.05) is 0 Å². The van der Waals surface area contributed by atoms with E-state index in [1.165, 1.54) is 6.33 Å². The van der Waals surface area contributed by atoms with Gasteiger partial charge in [-0.2, -0.15) is 10.1 Å². The van der Waals surface area contributed by atoms with Crippen molar-refractivity contribution < 1.29 is 14.2 Å². The Kier molecular flexibility index (Phi) is 2.27.